The first kappa shape index (κ1) is 16.2. The molecule has 0 unspecified atom stereocenters. The van der Waals surface area contributed by atoms with Crippen molar-refractivity contribution in [3.05, 3.63) is 42.0 Å². The van der Waals surface area contributed by atoms with Crippen LogP contribution < -0.4 is 0 Å². The molecule has 0 aliphatic rings. The van der Waals surface area contributed by atoms with Crippen molar-refractivity contribution in [3.8, 4) is 0 Å². The fourth-order valence-corrected chi connectivity index (χ4v) is 2.64. The second kappa shape index (κ2) is 6.06. The maximum absolute atomic E-state index is 6.20. The van der Waals surface area contributed by atoms with Gasteiger partial charge in [0.2, 0.25) is 0 Å². The van der Waals surface area contributed by atoms with E-state index in [1.807, 2.05) is 6.92 Å². The molecule has 1 nitrogen and oxygen atoms in total. The van der Waals surface area contributed by atoms with Gasteiger partial charge in [0.1, 0.15) is 0 Å². The summed E-state index contributed by atoms with van der Waals surface area (Å²) in [6, 6.07) is 8.64. The largest absolute Gasteiger partial charge is 0.416 e. The van der Waals surface area contributed by atoms with Gasteiger partial charge in [-0.15, -0.1) is 0 Å². The third-order valence-electron chi connectivity index (χ3n) is 4.11. The molecule has 0 aromatic heterocycles. The minimum Gasteiger partial charge on any atom is -0.416 e. The van der Waals surface area contributed by atoms with Gasteiger partial charge in [-0.2, -0.15) is 0 Å². The second-order valence-electron chi connectivity index (χ2n) is 6.84. The molecule has 0 radical (unpaired) electrons. The first-order valence-electron chi connectivity index (χ1n) is 7.02. The maximum atomic E-state index is 6.20. The Morgan fingerprint density at radius 3 is 2.11 bits per heavy atom. The van der Waals surface area contributed by atoms with E-state index in [4.69, 9.17) is 4.43 Å². The van der Waals surface area contributed by atoms with Gasteiger partial charge in [0.05, 0.1) is 0 Å². The molecule has 0 atom stereocenters. The lowest BCUT2D eigenvalue weighted by Crippen LogP contribution is -2.41. The zero-order valence-electron chi connectivity index (χ0n) is 13.3. The van der Waals surface area contributed by atoms with Crippen LogP contribution >= 0.6 is 0 Å². The van der Waals surface area contributed by atoms with Crippen LogP contribution in [0, 0.1) is 0 Å². The zero-order chi connectivity index (χ0) is 14.7. The highest BCUT2D eigenvalue weighted by atomic mass is 28.4. The topological polar surface area (TPSA) is 9.23 Å². The Balaban J connectivity index is 2.52. The van der Waals surface area contributed by atoms with Crippen LogP contribution in [-0.4, -0.2) is 14.9 Å². The standard InChI is InChI=1S/C17H28OSi/c1-14(2)16-10-8-15(9-11-16)12-13-18-19(6,7)17(3,4)5/h8-11H,1,12-13H2,2-7H3. The quantitative estimate of drug-likeness (QED) is 0.664. The van der Waals surface area contributed by atoms with Gasteiger partial charge < -0.3 is 4.43 Å². The van der Waals surface area contributed by atoms with Gasteiger partial charge in [0, 0.05) is 6.61 Å². The molecule has 0 saturated heterocycles. The van der Waals surface area contributed by atoms with E-state index in [9.17, 15) is 0 Å². The molecule has 0 bridgehead atoms. The van der Waals surface area contributed by atoms with E-state index >= 15 is 0 Å². The molecule has 0 heterocycles. The van der Waals surface area contributed by atoms with E-state index in [2.05, 4.69) is 64.7 Å². The van der Waals surface area contributed by atoms with Gasteiger partial charge >= 0.3 is 0 Å². The molecule has 1 aromatic rings. The summed E-state index contributed by atoms with van der Waals surface area (Å²) >= 11 is 0. The van der Waals surface area contributed by atoms with Crippen LogP contribution in [0.25, 0.3) is 5.57 Å². The molecule has 0 fully saturated rings. The van der Waals surface area contributed by atoms with Crippen LogP contribution in [0.4, 0.5) is 0 Å². The van der Waals surface area contributed by atoms with E-state index < -0.39 is 8.32 Å². The minimum absolute atomic E-state index is 0.289. The summed E-state index contributed by atoms with van der Waals surface area (Å²) in [6.07, 6.45) is 0.989. The summed E-state index contributed by atoms with van der Waals surface area (Å²) in [5, 5.41) is 0.289. The van der Waals surface area contributed by atoms with Gasteiger partial charge in [-0.3, -0.25) is 0 Å². The van der Waals surface area contributed by atoms with Gasteiger partial charge in [-0.1, -0.05) is 57.2 Å². The molecule has 1 aromatic carbocycles. The normalized spacial score (nSPS) is 12.5. The average molecular weight is 276 g/mol. The lowest BCUT2D eigenvalue weighted by Gasteiger charge is -2.36. The summed E-state index contributed by atoms with van der Waals surface area (Å²) < 4.78 is 6.20. The minimum atomic E-state index is -1.60. The van der Waals surface area contributed by atoms with E-state index in [-0.39, 0.29) is 5.04 Å². The third kappa shape index (κ3) is 4.63. The van der Waals surface area contributed by atoms with Crippen LogP contribution in [0.2, 0.25) is 18.1 Å². The molecule has 1 rings (SSSR count). The summed E-state index contributed by atoms with van der Waals surface area (Å²) in [7, 11) is -1.60. The van der Waals surface area contributed by atoms with Crippen molar-refractivity contribution in [2.45, 2.75) is 52.2 Å². The van der Waals surface area contributed by atoms with Crippen molar-refractivity contribution in [1.29, 1.82) is 0 Å². The lowest BCUT2D eigenvalue weighted by atomic mass is 10.1. The van der Waals surface area contributed by atoms with Crippen molar-refractivity contribution < 1.29 is 4.43 Å². The lowest BCUT2D eigenvalue weighted by molar-refractivity contribution is 0.292. The highest BCUT2D eigenvalue weighted by molar-refractivity contribution is 6.74. The predicted octanol–water partition coefficient (Wildman–Crippen LogP) is 5.28. The first-order chi connectivity index (χ1) is 8.63. The fraction of sp³-hybridized carbons (Fsp3) is 0.529. The molecule has 0 N–H and O–H groups in total. The van der Waals surface area contributed by atoms with E-state index in [0.29, 0.717) is 0 Å². The third-order valence-corrected chi connectivity index (χ3v) is 8.64. The monoisotopic (exact) mass is 276 g/mol. The summed E-state index contributed by atoms with van der Waals surface area (Å²) in [5.74, 6) is 0. The maximum Gasteiger partial charge on any atom is 0.191 e. The highest BCUT2D eigenvalue weighted by Crippen LogP contribution is 2.36. The van der Waals surface area contributed by atoms with Crippen LogP contribution in [0.1, 0.15) is 38.8 Å². The van der Waals surface area contributed by atoms with Crippen molar-refractivity contribution >= 4 is 13.9 Å². The molecule has 0 spiro atoms. The SMILES string of the molecule is C=C(C)c1ccc(CCO[Si](C)(C)C(C)(C)C)cc1. The van der Waals surface area contributed by atoms with Crippen LogP contribution in [0.15, 0.2) is 30.8 Å². The first-order valence-corrected chi connectivity index (χ1v) is 9.93. The molecule has 0 saturated carbocycles. The van der Waals surface area contributed by atoms with Gasteiger partial charge in [0.15, 0.2) is 8.32 Å². The number of hydrogen-bond acceptors (Lipinski definition) is 1. The van der Waals surface area contributed by atoms with Crippen molar-refractivity contribution in [2.75, 3.05) is 6.61 Å². The Kier molecular flexibility index (Phi) is 5.16. The molecule has 0 aliphatic heterocycles. The zero-order valence-corrected chi connectivity index (χ0v) is 14.3. The highest BCUT2D eigenvalue weighted by Gasteiger charge is 2.36. The van der Waals surface area contributed by atoms with E-state index in [1.54, 1.807) is 0 Å². The summed E-state index contributed by atoms with van der Waals surface area (Å²) in [4.78, 5) is 0. The summed E-state index contributed by atoms with van der Waals surface area (Å²) in [6.45, 7) is 18.3. The number of rotatable bonds is 5. The van der Waals surface area contributed by atoms with Gasteiger partial charge in [0.25, 0.3) is 0 Å². The average Bonchev–Trinajstić information content (AvgIpc) is 2.28. The number of allylic oxidation sites excluding steroid dienone is 1. The molecular formula is C17H28OSi. The number of benzene rings is 1. The number of hydrogen-bond donors (Lipinski definition) is 0. The molecule has 106 valence electrons. The Morgan fingerprint density at radius 1 is 1.16 bits per heavy atom. The smallest absolute Gasteiger partial charge is 0.191 e. The molecule has 19 heavy (non-hydrogen) atoms. The van der Waals surface area contributed by atoms with Crippen LogP contribution in [0.3, 0.4) is 0 Å². The predicted molar refractivity (Wildman–Crippen MR) is 88.0 cm³/mol. The molecule has 0 aliphatic carbocycles. The van der Waals surface area contributed by atoms with E-state index in [1.165, 1.54) is 11.1 Å². The fourth-order valence-electron chi connectivity index (χ4n) is 1.60. The van der Waals surface area contributed by atoms with Gasteiger partial charge in [-0.05, 0) is 42.6 Å². The van der Waals surface area contributed by atoms with Crippen LogP contribution in [-0.2, 0) is 10.8 Å². The Hall–Kier alpha value is -0.863. The molecule has 0 amide bonds. The second-order valence-corrected chi connectivity index (χ2v) is 11.6. The summed E-state index contributed by atoms with van der Waals surface area (Å²) in [5.41, 5.74) is 3.67. The Bertz CT molecular complexity index is 424. The Labute approximate surface area is 119 Å². The van der Waals surface area contributed by atoms with Crippen molar-refractivity contribution in [3.63, 3.8) is 0 Å². The molecular weight excluding hydrogens is 248 g/mol. The van der Waals surface area contributed by atoms with Crippen molar-refractivity contribution in [1.82, 2.24) is 0 Å². The van der Waals surface area contributed by atoms with Crippen LogP contribution in [0.5, 0.6) is 0 Å². The van der Waals surface area contributed by atoms with E-state index in [0.717, 1.165) is 18.6 Å². The molecule has 2 heteroatoms. The van der Waals surface area contributed by atoms with Gasteiger partial charge in [-0.25, -0.2) is 0 Å². The van der Waals surface area contributed by atoms with Crippen molar-refractivity contribution in [2.24, 2.45) is 0 Å². The Morgan fingerprint density at radius 2 is 1.68 bits per heavy atom.